The molecule has 23 heavy (non-hydrogen) atoms. The maximum absolute atomic E-state index is 12.9. The molecule has 0 radical (unpaired) electrons. The normalized spacial score (nSPS) is 16.5. The third kappa shape index (κ3) is 5.28. The number of carbonyl (C=O) groups is 1. The van der Waals surface area contributed by atoms with Crippen molar-refractivity contribution in [1.82, 2.24) is 9.62 Å². The first-order valence-electron chi connectivity index (χ1n) is 7.96. The molecule has 1 amide bonds. The highest BCUT2D eigenvalue weighted by molar-refractivity contribution is 7.89. The monoisotopic (exact) mass is 342 g/mol. The summed E-state index contributed by atoms with van der Waals surface area (Å²) in [6.07, 6.45) is 2.68. The van der Waals surface area contributed by atoms with Crippen LogP contribution in [0.4, 0.5) is 4.39 Å². The van der Waals surface area contributed by atoms with Gasteiger partial charge in [-0.15, -0.1) is 0 Å². The molecule has 0 bridgehead atoms. The van der Waals surface area contributed by atoms with Gasteiger partial charge in [-0.3, -0.25) is 4.79 Å². The average Bonchev–Trinajstić information content (AvgIpc) is 2.53. The quantitative estimate of drug-likeness (QED) is 0.861. The minimum absolute atomic E-state index is 0.117. The average molecular weight is 342 g/mol. The second-order valence-electron chi connectivity index (χ2n) is 5.86. The number of hydrogen-bond donors (Lipinski definition) is 1. The standard InChI is InChI=1S/C16H23FN2O3S/c1-2-3-12-23(21,22)18-15-8-10-19(11-9-15)16(20)13-4-6-14(17)7-5-13/h4-7,15,18H,2-3,8-12H2,1H3. The number of piperidine rings is 1. The number of rotatable bonds is 6. The van der Waals surface area contributed by atoms with E-state index in [9.17, 15) is 17.6 Å². The largest absolute Gasteiger partial charge is 0.339 e. The number of nitrogens with zero attached hydrogens (tertiary/aromatic N) is 1. The fourth-order valence-electron chi connectivity index (χ4n) is 2.62. The molecular formula is C16H23FN2O3S. The number of hydrogen-bond acceptors (Lipinski definition) is 3. The molecule has 0 saturated carbocycles. The van der Waals surface area contributed by atoms with Gasteiger partial charge in [-0.2, -0.15) is 0 Å². The molecule has 1 heterocycles. The highest BCUT2D eigenvalue weighted by Gasteiger charge is 2.26. The van der Waals surface area contributed by atoms with Gasteiger partial charge in [0.25, 0.3) is 5.91 Å². The first kappa shape index (κ1) is 17.9. The fraction of sp³-hybridized carbons (Fsp3) is 0.562. The van der Waals surface area contributed by atoms with Gasteiger partial charge in [0.15, 0.2) is 0 Å². The number of sulfonamides is 1. The summed E-state index contributed by atoms with van der Waals surface area (Å²) in [4.78, 5) is 14.0. The maximum Gasteiger partial charge on any atom is 0.253 e. The Morgan fingerprint density at radius 2 is 1.87 bits per heavy atom. The zero-order chi connectivity index (χ0) is 16.9. The van der Waals surface area contributed by atoms with E-state index >= 15 is 0 Å². The van der Waals surface area contributed by atoms with Crippen LogP contribution in [0, 0.1) is 5.82 Å². The summed E-state index contributed by atoms with van der Waals surface area (Å²) >= 11 is 0. The lowest BCUT2D eigenvalue weighted by molar-refractivity contribution is 0.0711. The van der Waals surface area contributed by atoms with Crippen molar-refractivity contribution < 1.29 is 17.6 Å². The SMILES string of the molecule is CCCCS(=O)(=O)NC1CCN(C(=O)c2ccc(F)cc2)CC1. The molecule has 0 spiro atoms. The van der Waals surface area contributed by atoms with Crippen LogP contribution in [0.3, 0.4) is 0 Å². The van der Waals surface area contributed by atoms with E-state index in [1.807, 2.05) is 6.92 Å². The van der Waals surface area contributed by atoms with Crippen LogP contribution in [0.25, 0.3) is 0 Å². The number of halogens is 1. The molecule has 1 N–H and O–H groups in total. The molecule has 1 aliphatic heterocycles. The zero-order valence-corrected chi connectivity index (χ0v) is 14.1. The minimum atomic E-state index is -3.23. The number of amides is 1. The van der Waals surface area contributed by atoms with Gasteiger partial charge in [-0.25, -0.2) is 17.5 Å². The van der Waals surface area contributed by atoms with Gasteiger partial charge in [0, 0.05) is 24.7 Å². The lowest BCUT2D eigenvalue weighted by Gasteiger charge is -2.32. The van der Waals surface area contributed by atoms with Gasteiger partial charge in [0.2, 0.25) is 10.0 Å². The van der Waals surface area contributed by atoms with Crippen LogP contribution >= 0.6 is 0 Å². The van der Waals surface area contributed by atoms with E-state index in [1.54, 1.807) is 4.90 Å². The predicted molar refractivity (Wildman–Crippen MR) is 87.2 cm³/mol. The molecule has 0 aromatic heterocycles. The van der Waals surface area contributed by atoms with E-state index < -0.39 is 10.0 Å². The number of benzene rings is 1. The van der Waals surface area contributed by atoms with Gasteiger partial charge in [0.05, 0.1) is 5.75 Å². The molecule has 128 valence electrons. The summed E-state index contributed by atoms with van der Waals surface area (Å²) in [5.74, 6) is -0.364. The molecule has 1 fully saturated rings. The highest BCUT2D eigenvalue weighted by Crippen LogP contribution is 2.15. The summed E-state index contributed by atoms with van der Waals surface area (Å²) in [6.45, 7) is 2.95. The highest BCUT2D eigenvalue weighted by atomic mass is 32.2. The van der Waals surface area contributed by atoms with Gasteiger partial charge in [-0.1, -0.05) is 13.3 Å². The van der Waals surface area contributed by atoms with Gasteiger partial charge < -0.3 is 4.90 Å². The molecule has 5 nitrogen and oxygen atoms in total. The first-order chi connectivity index (χ1) is 10.9. The Morgan fingerprint density at radius 1 is 1.26 bits per heavy atom. The Hall–Kier alpha value is -1.47. The van der Waals surface area contributed by atoms with Crippen molar-refractivity contribution in [1.29, 1.82) is 0 Å². The third-order valence-electron chi connectivity index (χ3n) is 3.99. The molecule has 2 rings (SSSR count). The Bertz CT molecular complexity index is 623. The predicted octanol–water partition coefficient (Wildman–Crippen LogP) is 2.15. The summed E-state index contributed by atoms with van der Waals surface area (Å²) in [5.41, 5.74) is 0.452. The minimum Gasteiger partial charge on any atom is -0.339 e. The van der Waals surface area contributed by atoms with Crippen LogP contribution in [0.2, 0.25) is 0 Å². The first-order valence-corrected chi connectivity index (χ1v) is 9.61. The second-order valence-corrected chi connectivity index (χ2v) is 7.74. The van der Waals surface area contributed by atoms with Crippen molar-refractivity contribution in [2.75, 3.05) is 18.8 Å². The smallest absolute Gasteiger partial charge is 0.253 e. The van der Waals surface area contributed by atoms with Crippen molar-refractivity contribution in [3.8, 4) is 0 Å². The molecule has 1 saturated heterocycles. The van der Waals surface area contributed by atoms with Gasteiger partial charge in [-0.05, 0) is 43.5 Å². The third-order valence-corrected chi connectivity index (χ3v) is 5.50. The van der Waals surface area contributed by atoms with Crippen LogP contribution in [0.5, 0.6) is 0 Å². The number of unbranched alkanes of at least 4 members (excludes halogenated alkanes) is 1. The second kappa shape index (κ2) is 7.88. The van der Waals surface area contributed by atoms with E-state index in [-0.39, 0.29) is 23.5 Å². The lowest BCUT2D eigenvalue weighted by Crippen LogP contribution is -2.47. The van der Waals surface area contributed by atoms with Crippen molar-refractivity contribution in [3.05, 3.63) is 35.6 Å². The Balaban J connectivity index is 1.86. The lowest BCUT2D eigenvalue weighted by atomic mass is 10.0. The topological polar surface area (TPSA) is 66.5 Å². The van der Waals surface area contributed by atoms with Crippen molar-refractivity contribution >= 4 is 15.9 Å². The van der Waals surface area contributed by atoms with E-state index in [2.05, 4.69) is 4.72 Å². The summed E-state index contributed by atoms with van der Waals surface area (Å²) in [5, 5.41) is 0. The molecule has 1 aromatic rings. The van der Waals surface area contributed by atoms with Gasteiger partial charge in [0.1, 0.15) is 5.82 Å². The summed E-state index contributed by atoms with van der Waals surface area (Å²) < 4.78 is 39.4. The molecule has 0 aliphatic carbocycles. The Labute approximate surface area is 136 Å². The van der Waals surface area contributed by atoms with Crippen molar-refractivity contribution in [2.45, 2.75) is 38.6 Å². The van der Waals surface area contributed by atoms with Crippen LogP contribution in [0.1, 0.15) is 43.0 Å². The Kier molecular flexibility index (Phi) is 6.12. The fourth-order valence-corrected chi connectivity index (χ4v) is 4.15. The van der Waals surface area contributed by atoms with Crippen LogP contribution in [0.15, 0.2) is 24.3 Å². The number of nitrogens with one attached hydrogen (secondary N) is 1. The number of likely N-dealkylation sites (tertiary alicyclic amines) is 1. The molecule has 0 atom stereocenters. The van der Waals surface area contributed by atoms with Crippen LogP contribution in [-0.2, 0) is 10.0 Å². The summed E-state index contributed by atoms with van der Waals surface area (Å²) in [6, 6.07) is 5.35. The summed E-state index contributed by atoms with van der Waals surface area (Å²) in [7, 11) is -3.23. The van der Waals surface area contributed by atoms with Crippen molar-refractivity contribution in [2.24, 2.45) is 0 Å². The molecule has 0 unspecified atom stereocenters. The van der Waals surface area contributed by atoms with Gasteiger partial charge >= 0.3 is 0 Å². The molecule has 7 heteroatoms. The Morgan fingerprint density at radius 3 is 2.43 bits per heavy atom. The maximum atomic E-state index is 12.9. The molecular weight excluding hydrogens is 319 g/mol. The van der Waals surface area contributed by atoms with Crippen LogP contribution in [-0.4, -0.2) is 44.1 Å². The van der Waals surface area contributed by atoms with Crippen LogP contribution < -0.4 is 4.72 Å². The van der Waals surface area contributed by atoms with E-state index in [1.165, 1.54) is 24.3 Å². The number of carbonyl (C=O) groups excluding carboxylic acids is 1. The molecule has 1 aromatic carbocycles. The van der Waals surface area contributed by atoms with E-state index in [4.69, 9.17) is 0 Å². The van der Waals surface area contributed by atoms with Crippen molar-refractivity contribution in [3.63, 3.8) is 0 Å². The molecule has 1 aliphatic rings. The van der Waals surface area contributed by atoms with E-state index in [0.717, 1.165) is 6.42 Å². The zero-order valence-electron chi connectivity index (χ0n) is 13.3. The van der Waals surface area contributed by atoms with E-state index in [0.29, 0.717) is 37.9 Å².